The molecule has 0 saturated heterocycles. The highest BCUT2D eigenvalue weighted by Gasteiger charge is 2.26. The summed E-state index contributed by atoms with van der Waals surface area (Å²) in [6.45, 7) is 3.17. The second-order valence-corrected chi connectivity index (χ2v) is 4.78. The van der Waals surface area contributed by atoms with Gasteiger partial charge in [-0.2, -0.15) is 0 Å². The van der Waals surface area contributed by atoms with Gasteiger partial charge in [-0.15, -0.1) is 0 Å². The Bertz CT molecular complexity index is 500. The zero-order valence-electron chi connectivity index (χ0n) is 11.7. The van der Waals surface area contributed by atoms with Crippen LogP contribution < -0.4 is 5.32 Å². The summed E-state index contributed by atoms with van der Waals surface area (Å²) >= 11 is 0. The van der Waals surface area contributed by atoms with Crippen LogP contribution in [0.15, 0.2) is 24.3 Å². The van der Waals surface area contributed by atoms with Crippen molar-refractivity contribution >= 4 is 11.9 Å². The minimum atomic E-state index is -0.664. The van der Waals surface area contributed by atoms with E-state index in [0.29, 0.717) is 19.3 Å². The van der Waals surface area contributed by atoms with E-state index in [1.807, 2.05) is 24.3 Å². The number of benzene rings is 1. The molecule has 1 N–H and O–H groups in total. The summed E-state index contributed by atoms with van der Waals surface area (Å²) in [6.07, 6.45) is 0.217. The molecule has 108 valence electrons. The fraction of sp³-hybridized carbons (Fsp3) is 0.467. The number of carbonyl (C=O) groups excluding carboxylic acids is 2. The first-order valence-electron chi connectivity index (χ1n) is 6.77. The molecule has 5 nitrogen and oxygen atoms in total. The number of fused-ring (bicyclic) bond motifs is 1. The Balaban J connectivity index is 2.18. The van der Waals surface area contributed by atoms with Crippen molar-refractivity contribution in [1.82, 2.24) is 5.32 Å². The number of rotatable bonds is 3. The maximum absolute atomic E-state index is 11.4. The van der Waals surface area contributed by atoms with Gasteiger partial charge in [0.2, 0.25) is 12.2 Å². The van der Waals surface area contributed by atoms with Crippen molar-refractivity contribution in [2.75, 3.05) is 0 Å². The largest absolute Gasteiger partial charge is 0.435 e. The predicted molar refractivity (Wildman–Crippen MR) is 72.7 cm³/mol. The molecule has 1 heterocycles. The molecule has 0 bridgehead atoms. The third kappa shape index (κ3) is 3.81. The second kappa shape index (κ2) is 6.52. The van der Waals surface area contributed by atoms with Crippen LogP contribution in [0.3, 0.4) is 0 Å². The second-order valence-electron chi connectivity index (χ2n) is 4.78. The van der Waals surface area contributed by atoms with Crippen LogP contribution in [0.1, 0.15) is 31.4 Å². The number of amides is 1. The van der Waals surface area contributed by atoms with E-state index in [-0.39, 0.29) is 11.9 Å². The number of ether oxygens (including phenoxy) is 2. The Morgan fingerprint density at radius 3 is 2.55 bits per heavy atom. The Morgan fingerprint density at radius 1 is 1.30 bits per heavy atom. The van der Waals surface area contributed by atoms with Gasteiger partial charge >= 0.3 is 5.97 Å². The molecule has 0 aliphatic carbocycles. The molecule has 5 heteroatoms. The molecular weight excluding hydrogens is 258 g/mol. The van der Waals surface area contributed by atoms with Crippen molar-refractivity contribution in [3.8, 4) is 0 Å². The van der Waals surface area contributed by atoms with E-state index in [9.17, 15) is 9.59 Å². The molecule has 0 fully saturated rings. The van der Waals surface area contributed by atoms with Crippen molar-refractivity contribution in [2.45, 2.75) is 45.6 Å². The Morgan fingerprint density at radius 2 is 1.95 bits per heavy atom. The maximum atomic E-state index is 11.4. The first-order chi connectivity index (χ1) is 9.58. The zero-order chi connectivity index (χ0) is 14.5. The highest BCUT2D eigenvalue weighted by atomic mass is 16.7. The van der Waals surface area contributed by atoms with Crippen molar-refractivity contribution in [1.29, 1.82) is 0 Å². The Hall–Kier alpha value is -1.88. The van der Waals surface area contributed by atoms with E-state index in [1.54, 1.807) is 6.92 Å². The van der Waals surface area contributed by atoms with Crippen molar-refractivity contribution < 1.29 is 19.1 Å². The van der Waals surface area contributed by atoms with Gasteiger partial charge in [0.05, 0.1) is 0 Å². The highest BCUT2D eigenvalue weighted by molar-refractivity contribution is 5.73. The SMILES string of the molecule is CCC(=O)OC1Cc2ccccc2CC(NC(C)=O)O1. The lowest BCUT2D eigenvalue weighted by Crippen LogP contribution is -2.40. The van der Waals surface area contributed by atoms with Gasteiger partial charge in [0, 0.05) is 26.2 Å². The number of esters is 1. The lowest BCUT2D eigenvalue weighted by atomic mass is 10.0. The lowest BCUT2D eigenvalue weighted by molar-refractivity contribution is -0.191. The molecule has 0 spiro atoms. The van der Waals surface area contributed by atoms with Gasteiger partial charge in [-0.3, -0.25) is 9.59 Å². The van der Waals surface area contributed by atoms with Crippen LogP contribution in [0, 0.1) is 0 Å². The van der Waals surface area contributed by atoms with E-state index in [2.05, 4.69) is 5.32 Å². The summed E-state index contributed by atoms with van der Waals surface area (Å²) in [6, 6.07) is 7.87. The summed E-state index contributed by atoms with van der Waals surface area (Å²) in [5.41, 5.74) is 2.18. The summed E-state index contributed by atoms with van der Waals surface area (Å²) in [7, 11) is 0. The standard InChI is InChI=1S/C15H19NO4/c1-3-14(18)20-15-9-12-7-5-4-6-11(12)8-13(19-15)16-10(2)17/h4-7,13,15H,3,8-9H2,1-2H3,(H,16,17). The molecule has 1 aliphatic heterocycles. The molecular formula is C15H19NO4. The van der Waals surface area contributed by atoms with E-state index in [4.69, 9.17) is 9.47 Å². The monoisotopic (exact) mass is 277 g/mol. The first-order valence-corrected chi connectivity index (χ1v) is 6.77. The average molecular weight is 277 g/mol. The van der Waals surface area contributed by atoms with E-state index in [1.165, 1.54) is 6.92 Å². The van der Waals surface area contributed by atoms with Crippen LogP contribution in [-0.2, 0) is 31.9 Å². The Labute approximate surface area is 118 Å². The van der Waals surface area contributed by atoms with E-state index >= 15 is 0 Å². The zero-order valence-corrected chi connectivity index (χ0v) is 11.7. The summed E-state index contributed by atoms with van der Waals surface area (Å²) in [5.74, 6) is -0.481. The van der Waals surface area contributed by atoms with Gasteiger partial charge in [0.15, 0.2) is 0 Å². The minimum absolute atomic E-state index is 0.171. The summed E-state index contributed by atoms with van der Waals surface area (Å²) < 4.78 is 11.0. The summed E-state index contributed by atoms with van der Waals surface area (Å²) in [4.78, 5) is 22.7. The third-order valence-electron chi connectivity index (χ3n) is 3.14. The van der Waals surface area contributed by atoms with Gasteiger partial charge in [0.25, 0.3) is 0 Å². The van der Waals surface area contributed by atoms with Crippen LogP contribution in [0.5, 0.6) is 0 Å². The Kier molecular flexibility index (Phi) is 4.74. The van der Waals surface area contributed by atoms with Gasteiger partial charge in [-0.05, 0) is 11.1 Å². The fourth-order valence-corrected chi connectivity index (χ4v) is 2.23. The van der Waals surface area contributed by atoms with Gasteiger partial charge in [-0.25, -0.2) is 0 Å². The van der Waals surface area contributed by atoms with Gasteiger partial charge in [-0.1, -0.05) is 31.2 Å². The van der Waals surface area contributed by atoms with Crippen LogP contribution in [0.25, 0.3) is 0 Å². The topological polar surface area (TPSA) is 64.6 Å². The highest BCUT2D eigenvalue weighted by Crippen LogP contribution is 2.21. The smallest absolute Gasteiger partial charge is 0.307 e. The van der Waals surface area contributed by atoms with E-state index in [0.717, 1.165) is 11.1 Å². The molecule has 0 aromatic heterocycles. The normalized spacial score (nSPS) is 21.5. The average Bonchev–Trinajstić information content (AvgIpc) is 2.55. The van der Waals surface area contributed by atoms with Crippen LogP contribution in [0.4, 0.5) is 0 Å². The molecule has 2 unspecified atom stereocenters. The minimum Gasteiger partial charge on any atom is -0.435 e. The van der Waals surface area contributed by atoms with Crippen LogP contribution in [0.2, 0.25) is 0 Å². The number of nitrogens with one attached hydrogen (secondary N) is 1. The lowest BCUT2D eigenvalue weighted by Gasteiger charge is -2.22. The van der Waals surface area contributed by atoms with Gasteiger partial charge in [0.1, 0.15) is 6.23 Å². The van der Waals surface area contributed by atoms with Crippen molar-refractivity contribution in [3.63, 3.8) is 0 Å². The molecule has 2 atom stereocenters. The molecule has 1 amide bonds. The quantitative estimate of drug-likeness (QED) is 0.851. The maximum Gasteiger partial charge on any atom is 0.307 e. The number of hydrogen-bond donors (Lipinski definition) is 1. The fourth-order valence-electron chi connectivity index (χ4n) is 2.23. The molecule has 20 heavy (non-hydrogen) atoms. The van der Waals surface area contributed by atoms with Crippen LogP contribution in [-0.4, -0.2) is 24.4 Å². The van der Waals surface area contributed by atoms with Crippen molar-refractivity contribution in [2.24, 2.45) is 0 Å². The number of carbonyl (C=O) groups is 2. The molecule has 1 aromatic rings. The molecule has 2 rings (SSSR count). The van der Waals surface area contributed by atoms with Crippen LogP contribution >= 0.6 is 0 Å². The van der Waals surface area contributed by atoms with E-state index < -0.39 is 12.5 Å². The molecule has 0 radical (unpaired) electrons. The number of hydrogen-bond acceptors (Lipinski definition) is 4. The first kappa shape index (κ1) is 14.5. The van der Waals surface area contributed by atoms with Gasteiger partial charge < -0.3 is 14.8 Å². The molecule has 0 saturated carbocycles. The van der Waals surface area contributed by atoms with Crippen molar-refractivity contribution in [3.05, 3.63) is 35.4 Å². The predicted octanol–water partition coefficient (Wildman–Crippen LogP) is 1.54. The molecule has 1 aromatic carbocycles. The summed E-state index contributed by atoms with van der Waals surface area (Å²) in [5, 5.41) is 2.73. The third-order valence-corrected chi connectivity index (χ3v) is 3.14. The molecule has 1 aliphatic rings.